The number of rotatable bonds is 8. The van der Waals surface area contributed by atoms with Gasteiger partial charge in [-0.05, 0) is 56.1 Å². The molecule has 2 aromatic carbocycles. The van der Waals surface area contributed by atoms with E-state index in [0.29, 0.717) is 36.0 Å². The monoisotopic (exact) mass is 473 g/mol. The number of amides is 1. The zero-order valence-electron chi connectivity index (χ0n) is 18.9. The highest BCUT2D eigenvalue weighted by Gasteiger charge is 2.22. The van der Waals surface area contributed by atoms with Crippen LogP contribution in [-0.2, 0) is 10.0 Å². The van der Waals surface area contributed by atoms with Gasteiger partial charge in [0.1, 0.15) is 13.2 Å². The number of fused-ring (bicyclic) bond motifs is 1. The molecule has 0 aliphatic carbocycles. The highest BCUT2D eigenvalue weighted by molar-refractivity contribution is 7.92. The number of carbonyl (C=O) groups excluding carboxylic acids is 1. The van der Waals surface area contributed by atoms with Crippen LogP contribution in [0.4, 0.5) is 5.69 Å². The predicted molar refractivity (Wildman–Crippen MR) is 127 cm³/mol. The van der Waals surface area contributed by atoms with Crippen LogP contribution >= 0.6 is 0 Å². The van der Waals surface area contributed by atoms with Crippen LogP contribution in [0.2, 0.25) is 0 Å². The topological polar surface area (TPSA) is 97.0 Å². The Morgan fingerprint density at radius 1 is 1.06 bits per heavy atom. The standard InChI is InChI=1S/C24H31N3O5S/c1-2-3-11-27-12-9-19(10-13-27)25-24(28)18-5-4-6-20(16-18)26-33(29,30)21-7-8-22-23(17-21)32-15-14-31-22/h4-8,16-17,19,26H,2-3,9-15H2,1H3,(H,25,28). The number of likely N-dealkylation sites (tertiary alicyclic amines) is 1. The predicted octanol–water partition coefficient (Wildman–Crippen LogP) is 3.25. The summed E-state index contributed by atoms with van der Waals surface area (Å²) in [5, 5.41) is 3.09. The summed E-state index contributed by atoms with van der Waals surface area (Å²) in [6.45, 7) is 6.09. The van der Waals surface area contributed by atoms with Gasteiger partial charge < -0.3 is 19.7 Å². The number of hydrogen-bond acceptors (Lipinski definition) is 6. The molecule has 0 atom stereocenters. The Labute approximate surface area is 195 Å². The molecule has 2 aliphatic heterocycles. The molecule has 8 nitrogen and oxygen atoms in total. The Balaban J connectivity index is 1.38. The van der Waals surface area contributed by atoms with Crippen molar-refractivity contribution in [2.75, 3.05) is 37.6 Å². The largest absolute Gasteiger partial charge is 0.486 e. The molecule has 1 amide bonds. The lowest BCUT2D eigenvalue weighted by Crippen LogP contribution is -2.44. The molecule has 0 spiro atoms. The third-order valence-electron chi connectivity index (χ3n) is 5.95. The molecule has 0 saturated carbocycles. The Hall–Kier alpha value is -2.78. The molecule has 4 rings (SSSR count). The molecule has 9 heteroatoms. The number of sulfonamides is 1. The number of ether oxygens (including phenoxy) is 2. The van der Waals surface area contributed by atoms with Crippen molar-refractivity contribution in [1.29, 1.82) is 0 Å². The van der Waals surface area contributed by atoms with Gasteiger partial charge in [-0.1, -0.05) is 19.4 Å². The SMILES string of the molecule is CCCCN1CCC(NC(=O)c2cccc(NS(=O)(=O)c3ccc4c(c3)OCCO4)c2)CC1. The van der Waals surface area contributed by atoms with Crippen LogP contribution in [0.15, 0.2) is 47.4 Å². The maximum absolute atomic E-state index is 12.9. The normalized spacial score (nSPS) is 16.9. The molecule has 2 heterocycles. The molecular weight excluding hydrogens is 442 g/mol. The van der Waals surface area contributed by atoms with E-state index in [2.05, 4.69) is 21.9 Å². The number of benzene rings is 2. The van der Waals surface area contributed by atoms with Crippen LogP contribution in [0.25, 0.3) is 0 Å². The fourth-order valence-electron chi connectivity index (χ4n) is 4.08. The number of nitrogens with zero attached hydrogens (tertiary/aromatic N) is 1. The molecule has 0 unspecified atom stereocenters. The number of hydrogen-bond donors (Lipinski definition) is 2. The molecule has 2 N–H and O–H groups in total. The van der Waals surface area contributed by atoms with Crippen LogP contribution < -0.4 is 19.5 Å². The molecule has 0 aromatic heterocycles. The summed E-state index contributed by atoms with van der Waals surface area (Å²) in [7, 11) is -3.85. The van der Waals surface area contributed by atoms with E-state index in [9.17, 15) is 13.2 Å². The van der Waals surface area contributed by atoms with Crippen molar-refractivity contribution in [3.05, 3.63) is 48.0 Å². The van der Waals surface area contributed by atoms with E-state index in [0.717, 1.165) is 32.5 Å². The first-order valence-corrected chi connectivity index (χ1v) is 13.0. The highest BCUT2D eigenvalue weighted by Crippen LogP contribution is 2.32. The van der Waals surface area contributed by atoms with Crippen molar-refractivity contribution < 1.29 is 22.7 Å². The minimum absolute atomic E-state index is 0.0661. The van der Waals surface area contributed by atoms with Gasteiger partial charge in [-0.2, -0.15) is 0 Å². The number of nitrogens with one attached hydrogen (secondary N) is 2. The summed E-state index contributed by atoms with van der Waals surface area (Å²) >= 11 is 0. The molecule has 1 fully saturated rings. The Morgan fingerprint density at radius 3 is 2.58 bits per heavy atom. The van der Waals surface area contributed by atoms with Crippen molar-refractivity contribution in [2.24, 2.45) is 0 Å². The Bertz CT molecular complexity index is 1080. The van der Waals surface area contributed by atoms with Gasteiger partial charge in [-0.3, -0.25) is 9.52 Å². The van der Waals surface area contributed by atoms with Gasteiger partial charge in [-0.25, -0.2) is 8.42 Å². The van der Waals surface area contributed by atoms with Gasteiger partial charge in [0.25, 0.3) is 15.9 Å². The van der Waals surface area contributed by atoms with Crippen LogP contribution in [0, 0.1) is 0 Å². The number of anilines is 1. The lowest BCUT2D eigenvalue weighted by molar-refractivity contribution is 0.0911. The quantitative estimate of drug-likeness (QED) is 0.611. The maximum atomic E-state index is 12.9. The first-order chi connectivity index (χ1) is 15.9. The molecule has 33 heavy (non-hydrogen) atoms. The van der Waals surface area contributed by atoms with Crippen LogP contribution in [0.3, 0.4) is 0 Å². The van der Waals surface area contributed by atoms with Crippen molar-refractivity contribution in [2.45, 2.75) is 43.5 Å². The summed E-state index contributed by atoms with van der Waals surface area (Å²) in [5.74, 6) is 0.732. The first-order valence-electron chi connectivity index (χ1n) is 11.5. The zero-order valence-corrected chi connectivity index (χ0v) is 19.7. The van der Waals surface area contributed by atoms with Crippen molar-refractivity contribution in [1.82, 2.24) is 10.2 Å². The van der Waals surface area contributed by atoms with Gasteiger partial charge in [0.2, 0.25) is 0 Å². The first kappa shape index (κ1) is 23.4. The van der Waals surface area contributed by atoms with E-state index in [4.69, 9.17) is 9.47 Å². The van der Waals surface area contributed by atoms with E-state index in [-0.39, 0.29) is 16.8 Å². The summed E-state index contributed by atoms with van der Waals surface area (Å²) in [6.07, 6.45) is 4.23. The lowest BCUT2D eigenvalue weighted by Gasteiger charge is -2.32. The summed E-state index contributed by atoms with van der Waals surface area (Å²) in [6, 6.07) is 11.2. The van der Waals surface area contributed by atoms with Crippen LogP contribution in [0.1, 0.15) is 43.0 Å². The summed E-state index contributed by atoms with van der Waals surface area (Å²) in [5.41, 5.74) is 0.748. The third-order valence-corrected chi connectivity index (χ3v) is 7.33. The van der Waals surface area contributed by atoms with E-state index in [1.807, 2.05) is 0 Å². The maximum Gasteiger partial charge on any atom is 0.262 e. The second kappa shape index (κ2) is 10.4. The molecule has 0 bridgehead atoms. The van der Waals surface area contributed by atoms with Crippen molar-refractivity contribution in [3.8, 4) is 11.5 Å². The second-order valence-electron chi connectivity index (χ2n) is 8.43. The average molecular weight is 474 g/mol. The van der Waals surface area contributed by atoms with Gasteiger partial charge in [0.05, 0.1) is 4.90 Å². The minimum Gasteiger partial charge on any atom is -0.486 e. The second-order valence-corrected chi connectivity index (χ2v) is 10.1. The van der Waals surface area contributed by atoms with Gasteiger partial charge in [0, 0.05) is 36.4 Å². The van der Waals surface area contributed by atoms with E-state index in [1.54, 1.807) is 30.3 Å². The molecule has 0 radical (unpaired) electrons. The Kier molecular flexibility index (Phi) is 7.39. The van der Waals surface area contributed by atoms with Crippen LogP contribution in [0.5, 0.6) is 11.5 Å². The zero-order chi connectivity index (χ0) is 23.3. The summed E-state index contributed by atoms with van der Waals surface area (Å²) < 4.78 is 39.2. The van der Waals surface area contributed by atoms with Crippen LogP contribution in [-0.4, -0.2) is 58.1 Å². The average Bonchev–Trinajstić information content (AvgIpc) is 2.83. The summed E-state index contributed by atoms with van der Waals surface area (Å²) in [4.78, 5) is 15.3. The van der Waals surface area contributed by atoms with Gasteiger partial charge >= 0.3 is 0 Å². The molecule has 2 aromatic rings. The Morgan fingerprint density at radius 2 is 1.82 bits per heavy atom. The third kappa shape index (κ3) is 5.97. The molecule has 178 valence electrons. The number of piperidine rings is 1. The van der Waals surface area contributed by atoms with Gasteiger partial charge in [0.15, 0.2) is 11.5 Å². The number of unbranched alkanes of at least 4 members (excludes halogenated alkanes) is 1. The molecular formula is C24H31N3O5S. The molecule has 2 aliphatic rings. The smallest absolute Gasteiger partial charge is 0.262 e. The molecule has 1 saturated heterocycles. The highest BCUT2D eigenvalue weighted by atomic mass is 32.2. The lowest BCUT2D eigenvalue weighted by atomic mass is 10.0. The number of carbonyl (C=O) groups is 1. The van der Waals surface area contributed by atoms with E-state index >= 15 is 0 Å². The van der Waals surface area contributed by atoms with Gasteiger partial charge in [-0.15, -0.1) is 0 Å². The van der Waals surface area contributed by atoms with Crippen molar-refractivity contribution in [3.63, 3.8) is 0 Å². The fourth-order valence-corrected chi connectivity index (χ4v) is 5.14. The van der Waals surface area contributed by atoms with Crippen molar-refractivity contribution >= 4 is 21.6 Å². The fraction of sp³-hybridized carbons (Fsp3) is 0.458. The van der Waals surface area contributed by atoms with E-state index < -0.39 is 10.0 Å². The van der Waals surface area contributed by atoms with E-state index in [1.165, 1.54) is 25.0 Å². The minimum atomic E-state index is -3.85.